The van der Waals surface area contributed by atoms with Crippen molar-refractivity contribution in [2.45, 2.75) is 70.4 Å². The predicted molar refractivity (Wildman–Crippen MR) is 87.2 cm³/mol. The van der Waals surface area contributed by atoms with Crippen molar-refractivity contribution in [2.75, 3.05) is 0 Å². The summed E-state index contributed by atoms with van der Waals surface area (Å²) in [4.78, 5) is 5.88. The molecule has 1 nitrogen and oxygen atoms in total. The first kappa shape index (κ1) is 15.0. The van der Waals surface area contributed by atoms with Gasteiger partial charge in [-0.1, -0.05) is 54.8 Å². The van der Waals surface area contributed by atoms with Crippen LogP contribution in [0.3, 0.4) is 0 Å². The topological polar surface area (TPSA) is 12.9 Å². The van der Waals surface area contributed by atoms with E-state index in [9.17, 15) is 0 Å². The van der Waals surface area contributed by atoms with Crippen LogP contribution >= 0.6 is 11.6 Å². The van der Waals surface area contributed by atoms with E-state index in [1.165, 1.54) is 16.9 Å². The Kier molecular flexibility index (Phi) is 3.58. The van der Waals surface area contributed by atoms with Gasteiger partial charge in [0.05, 0.1) is 0 Å². The highest BCUT2D eigenvalue weighted by molar-refractivity contribution is 8.26. The van der Waals surface area contributed by atoms with Gasteiger partial charge in [0.2, 0.25) is 5.99 Å². The molecule has 0 saturated carbocycles. The number of hydrogen-bond acceptors (Lipinski definition) is 2. The average Bonchev–Trinajstić information content (AvgIpc) is 2.27. The highest BCUT2D eigenvalue weighted by Gasteiger charge is 2.56. The normalized spacial score (nSPS) is 21.1. The summed E-state index contributed by atoms with van der Waals surface area (Å²) in [5.74, 6) is 0.720. The van der Waals surface area contributed by atoms with Crippen molar-refractivity contribution in [1.82, 2.24) is 4.98 Å². The van der Waals surface area contributed by atoms with Crippen LogP contribution in [0.25, 0.3) is 0 Å². The van der Waals surface area contributed by atoms with Crippen LogP contribution in [0.2, 0.25) is 11.6 Å². The van der Waals surface area contributed by atoms with Crippen LogP contribution in [-0.4, -0.2) is 11.0 Å². The Hall–Kier alpha value is -0.435. The molecule has 0 amide bonds. The van der Waals surface area contributed by atoms with Crippen LogP contribution in [0, 0.1) is 5.41 Å². The zero-order valence-electron chi connectivity index (χ0n) is 13.4. The summed E-state index contributed by atoms with van der Waals surface area (Å²) in [6, 6.07) is 4.42. The summed E-state index contributed by atoms with van der Waals surface area (Å²) in [5, 5.41) is 0.406. The summed E-state index contributed by atoms with van der Waals surface area (Å²) in [7, 11) is 0. The highest BCUT2D eigenvalue weighted by atomic mass is 32.2. The summed E-state index contributed by atoms with van der Waals surface area (Å²) in [6.45, 7) is 16.2. The first-order valence-corrected chi connectivity index (χ1v) is 8.05. The second-order valence-electron chi connectivity index (χ2n) is 8.04. The number of hydrogen-bond donors (Lipinski definition) is 0. The van der Waals surface area contributed by atoms with E-state index in [2.05, 4.69) is 65.6 Å². The van der Waals surface area contributed by atoms with Crippen molar-refractivity contribution < 1.29 is 0 Å². The molecule has 0 atom stereocenters. The molecule has 0 aromatic carbocycles. The van der Waals surface area contributed by atoms with Crippen molar-refractivity contribution in [3.8, 4) is 0 Å². The van der Waals surface area contributed by atoms with Crippen molar-refractivity contribution in [3.63, 3.8) is 0 Å². The number of rotatable bonds is 2. The van der Waals surface area contributed by atoms with Crippen molar-refractivity contribution in [2.24, 2.45) is 5.41 Å². The first-order valence-electron chi connectivity index (χ1n) is 7.17. The predicted octanol–water partition coefficient (Wildman–Crippen LogP) is 5.28. The zero-order valence-corrected chi connectivity index (χ0v) is 14.2. The largest absolute Gasteiger partial charge is 0.261 e. The molecule has 104 valence electrons. The molecule has 1 aromatic heterocycles. The van der Waals surface area contributed by atoms with Crippen LogP contribution in [0.15, 0.2) is 23.2 Å². The van der Waals surface area contributed by atoms with Gasteiger partial charge in [-0.2, -0.15) is 11.6 Å². The second kappa shape index (κ2) is 4.54. The third-order valence-electron chi connectivity index (χ3n) is 5.02. The molecule has 0 unspecified atom stereocenters. The van der Waals surface area contributed by atoms with E-state index < -0.39 is 0 Å². The third-order valence-corrected chi connectivity index (χ3v) is 6.59. The molecule has 0 aliphatic carbocycles. The van der Waals surface area contributed by atoms with E-state index in [1.807, 2.05) is 17.8 Å². The van der Waals surface area contributed by atoms with Crippen molar-refractivity contribution in [3.05, 3.63) is 24.0 Å². The Labute approximate surface area is 123 Å². The lowest BCUT2D eigenvalue weighted by molar-refractivity contribution is 0.246. The van der Waals surface area contributed by atoms with Gasteiger partial charge in [0.15, 0.2) is 0 Å². The molecule has 2 rings (SSSR count). The molecule has 0 radical (unpaired) electrons. The number of nitrogens with zero attached hydrogens (tertiary/aromatic N) is 1. The van der Waals surface area contributed by atoms with Gasteiger partial charge in [-0.25, -0.2) is 0 Å². The Bertz CT molecular complexity index is 474. The fourth-order valence-electron chi connectivity index (χ4n) is 2.53. The summed E-state index contributed by atoms with van der Waals surface area (Å²) in [6.07, 6.45) is 3.26. The molecule has 19 heavy (non-hydrogen) atoms. The van der Waals surface area contributed by atoms with E-state index in [-0.39, 0.29) is 5.41 Å². The quantitative estimate of drug-likeness (QED) is 0.681. The van der Waals surface area contributed by atoms with E-state index in [1.54, 1.807) is 0 Å². The van der Waals surface area contributed by atoms with Crippen LogP contribution in [0.4, 0.5) is 0 Å². The molecular weight excluding hydrogens is 249 g/mol. The molecule has 1 aliphatic heterocycles. The van der Waals surface area contributed by atoms with Gasteiger partial charge in [0.25, 0.3) is 0 Å². The molecule has 0 spiro atoms. The lowest BCUT2D eigenvalue weighted by Gasteiger charge is -2.56. The number of aromatic nitrogens is 1. The minimum Gasteiger partial charge on any atom is -0.261 e. The molecule has 0 N–H and O–H groups in total. The summed E-state index contributed by atoms with van der Waals surface area (Å²) >= 11 is 2.03. The monoisotopic (exact) mass is 275 g/mol. The molecule has 1 saturated heterocycles. The molecular formula is C16H26BNS. The van der Waals surface area contributed by atoms with Crippen LogP contribution < -0.4 is 0 Å². The Morgan fingerprint density at radius 1 is 1.21 bits per heavy atom. The fraction of sp³-hybridized carbons (Fsp3) is 0.688. The first-order chi connectivity index (χ1) is 8.54. The Morgan fingerprint density at radius 3 is 2.32 bits per heavy atom. The van der Waals surface area contributed by atoms with Crippen molar-refractivity contribution in [1.29, 1.82) is 0 Å². The molecule has 3 heteroatoms. The average molecular weight is 275 g/mol. The van der Waals surface area contributed by atoms with E-state index in [0.717, 1.165) is 5.99 Å². The SMILES string of the molecule is CC(C)(C)c1cc(SB2CC(C)(C)C2(C)C)ccn1. The standard InChI is InChI=1S/C16H26BNS/c1-14(2,3)13-10-12(8-9-18-13)19-17-11-15(4,5)16(17,6)7/h8-10H,11H2,1-7H3. The van der Waals surface area contributed by atoms with Gasteiger partial charge in [-0.05, 0) is 27.8 Å². The summed E-state index contributed by atoms with van der Waals surface area (Å²) < 4.78 is 0. The Balaban J connectivity index is 2.14. The van der Waals surface area contributed by atoms with Gasteiger partial charge in [0, 0.05) is 17.3 Å². The van der Waals surface area contributed by atoms with E-state index >= 15 is 0 Å². The van der Waals surface area contributed by atoms with E-state index in [4.69, 9.17) is 0 Å². The molecule has 1 aromatic rings. The minimum absolute atomic E-state index is 0.130. The maximum Gasteiger partial charge on any atom is 0.222 e. The molecule has 2 heterocycles. The van der Waals surface area contributed by atoms with Crippen LogP contribution in [0.1, 0.15) is 54.2 Å². The van der Waals surface area contributed by atoms with Gasteiger partial charge in [-0.15, -0.1) is 0 Å². The molecule has 0 bridgehead atoms. The van der Waals surface area contributed by atoms with Gasteiger partial charge in [-0.3, -0.25) is 4.98 Å². The maximum absolute atomic E-state index is 4.51. The number of pyridine rings is 1. The maximum atomic E-state index is 4.51. The van der Waals surface area contributed by atoms with E-state index in [0.29, 0.717) is 10.7 Å². The van der Waals surface area contributed by atoms with Crippen LogP contribution in [0.5, 0.6) is 0 Å². The second-order valence-corrected chi connectivity index (χ2v) is 9.32. The smallest absolute Gasteiger partial charge is 0.222 e. The van der Waals surface area contributed by atoms with Gasteiger partial charge in [0.1, 0.15) is 0 Å². The fourth-order valence-corrected chi connectivity index (χ4v) is 4.30. The van der Waals surface area contributed by atoms with Crippen LogP contribution in [-0.2, 0) is 5.41 Å². The zero-order chi connectivity index (χ0) is 14.5. The molecule has 1 fully saturated rings. The minimum atomic E-state index is 0.130. The Morgan fingerprint density at radius 2 is 1.84 bits per heavy atom. The lowest BCUT2D eigenvalue weighted by Crippen LogP contribution is -2.50. The summed E-state index contributed by atoms with van der Waals surface area (Å²) in [5.41, 5.74) is 1.78. The highest BCUT2D eigenvalue weighted by Crippen LogP contribution is 2.65. The molecule has 1 aliphatic rings. The lowest BCUT2D eigenvalue weighted by atomic mass is 9.27. The van der Waals surface area contributed by atoms with Gasteiger partial charge >= 0.3 is 0 Å². The van der Waals surface area contributed by atoms with Crippen molar-refractivity contribution >= 4 is 17.6 Å². The third kappa shape index (κ3) is 2.72. The van der Waals surface area contributed by atoms with Gasteiger partial charge < -0.3 is 0 Å².